The van der Waals surface area contributed by atoms with Crippen LogP contribution in [0, 0.1) is 0 Å². The molecule has 1 aliphatic rings. The number of esters is 1. The lowest BCUT2D eigenvalue weighted by atomic mass is 10.1. The summed E-state index contributed by atoms with van der Waals surface area (Å²) in [7, 11) is 0. The SMILES string of the molecule is CCOC(=O)c1cnc2sc(C3=CCN(C(=O)OC(C)(C)C)CC3)cn12. The number of carbonyl (C=O) groups is 2. The number of thiazole rings is 1. The lowest BCUT2D eigenvalue weighted by Gasteiger charge is -2.29. The van der Waals surface area contributed by atoms with Crippen LogP contribution in [-0.2, 0) is 9.47 Å². The van der Waals surface area contributed by atoms with Gasteiger partial charge in [0.15, 0.2) is 10.7 Å². The van der Waals surface area contributed by atoms with Gasteiger partial charge in [0.2, 0.25) is 0 Å². The minimum Gasteiger partial charge on any atom is -0.461 e. The summed E-state index contributed by atoms with van der Waals surface area (Å²) in [6.45, 7) is 8.80. The van der Waals surface area contributed by atoms with Crippen LogP contribution in [0.3, 0.4) is 0 Å². The van der Waals surface area contributed by atoms with E-state index in [9.17, 15) is 9.59 Å². The number of amides is 1. The van der Waals surface area contributed by atoms with Crippen LogP contribution in [0.5, 0.6) is 0 Å². The number of carbonyl (C=O) groups excluding carboxylic acids is 2. The summed E-state index contributed by atoms with van der Waals surface area (Å²) < 4.78 is 12.2. The topological polar surface area (TPSA) is 73.1 Å². The third-order valence-electron chi connectivity index (χ3n) is 3.87. The van der Waals surface area contributed by atoms with Crippen LogP contribution < -0.4 is 0 Å². The lowest BCUT2D eigenvalue weighted by Crippen LogP contribution is -2.39. The first-order valence-corrected chi connectivity index (χ1v) is 9.41. The molecule has 0 aromatic carbocycles. The largest absolute Gasteiger partial charge is 0.461 e. The zero-order valence-electron chi connectivity index (χ0n) is 15.4. The summed E-state index contributed by atoms with van der Waals surface area (Å²) in [5.74, 6) is -0.377. The molecule has 3 rings (SSSR count). The maximum atomic E-state index is 12.1. The van der Waals surface area contributed by atoms with Gasteiger partial charge in [-0.15, -0.1) is 0 Å². The van der Waals surface area contributed by atoms with Gasteiger partial charge in [-0.05, 0) is 39.7 Å². The molecule has 8 heteroatoms. The van der Waals surface area contributed by atoms with Crippen LogP contribution in [0.25, 0.3) is 10.5 Å². The Hall–Kier alpha value is -2.35. The van der Waals surface area contributed by atoms with E-state index < -0.39 is 5.60 Å². The van der Waals surface area contributed by atoms with E-state index in [0.717, 1.165) is 21.8 Å². The molecule has 2 aromatic heterocycles. The lowest BCUT2D eigenvalue weighted by molar-refractivity contribution is 0.0270. The van der Waals surface area contributed by atoms with Gasteiger partial charge in [0, 0.05) is 19.3 Å². The Balaban J connectivity index is 1.74. The monoisotopic (exact) mass is 377 g/mol. The molecular weight excluding hydrogens is 354 g/mol. The second-order valence-corrected chi connectivity index (χ2v) is 8.03. The van der Waals surface area contributed by atoms with E-state index in [1.807, 2.05) is 33.0 Å². The average Bonchev–Trinajstić information content (AvgIpc) is 3.14. The summed E-state index contributed by atoms with van der Waals surface area (Å²) in [5, 5.41) is 0. The zero-order valence-corrected chi connectivity index (χ0v) is 16.3. The highest BCUT2D eigenvalue weighted by Gasteiger charge is 2.25. The maximum Gasteiger partial charge on any atom is 0.410 e. The minimum atomic E-state index is -0.496. The number of hydrogen-bond donors (Lipinski definition) is 0. The number of rotatable bonds is 3. The van der Waals surface area contributed by atoms with Gasteiger partial charge in [-0.25, -0.2) is 14.6 Å². The predicted octanol–water partition coefficient (Wildman–Crippen LogP) is 3.60. The Morgan fingerprint density at radius 2 is 2.12 bits per heavy atom. The van der Waals surface area contributed by atoms with Crippen LogP contribution in [-0.4, -0.2) is 51.6 Å². The minimum absolute atomic E-state index is 0.293. The van der Waals surface area contributed by atoms with Gasteiger partial charge in [-0.1, -0.05) is 17.4 Å². The molecule has 0 saturated heterocycles. The van der Waals surface area contributed by atoms with Gasteiger partial charge in [0.25, 0.3) is 0 Å². The number of hydrogen-bond acceptors (Lipinski definition) is 6. The smallest absolute Gasteiger partial charge is 0.410 e. The van der Waals surface area contributed by atoms with E-state index >= 15 is 0 Å². The molecule has 0 unspecified atom stereocenters. The van der Waals surface area contributed by atoms with Crippen molar-refractivity contribution in [2.45, 2.75) is 39.7 Å². The molecule has 0 fully saturated rings. The molecule has 0 radical (unpaired) electrons. The van der Waals surface area contributed by atoms with Crippen molar-refractivity contribution in [2.24, 2.45) is 0 Å². The molecule has 26 heavy (non-hydrogen) atoms. The van der Waals surface area contributed by atoms with Gasteiger partial charge in [0.05, 0.1) is 17.7 Å². The molecule has 0 bridgehead atoms. The van der Waals surface area contributed by atoms with Crippen LogP contribution in [0.15, 0.2) is 18.5 Å². The Labute approximate surface area is 156 Å². The molecule has 0 spiro atoms. The first-order valence-electron chi connectivity index (χ1n) is 8.60. The number of ether oxygens (including phenoxy) is 2. The van der Waals surface area contributed by atoms with E-state index in [-0.39, 0.29) is 12.1 Å². The quantitative estimate of drug-likeness (QED) is 0.764. The van der Waals surface area contributed by atoms with E-state index in [0.29, 0.717) is 25.4 Å². The second-order valence-electron chi connectivity index (χ2n) is 7.02. The Morgan fingerprint density at radius 3 is 2.73 bits per heavy atom. The molecular formula is C18H23N3O4S. The first kappa shape index (κ1) is 18.4. The molecule has 0 saturated carbocycles. The molecule has 1 amide bonds. The fourth-order valence-electron chi connectivity index (χ4n) is 2.68. The van der Waals surface area contributed by atoms with Crippen LogP contribution in [0.2, 0.25) is 0 Å². The molecule has 3 heterocycles. The fraction of sp³-hybridized carbons (Fsp3) is 0.500. The number of nitrogens with zero attached hydrogens (tertiary/aromatic N) is 3. The Bertz CT molecular complexity index is 860. The van der Waals surface area contributed by atoms with Gasteiger partial charge < -0.3 is 14.4 Å². The number of aromatic nitrogens is 2. The summed E-state index contributed by atoms with van der Waals surface area (Å²) in [6, 6.07) is 0. The van der Waals surface area contributed by atoms with E-state index in [1.54, 1.807) is 16.2 Å². The number of fused-ring (bicyclic) bond motifs is 1. The van der Waals surface area contributed by atoms with Crippen molar-refractivity contribution in [2.75, 3.05) is 19.7 Å². The second kappa shape index (κ2) is 7.11. The van der Waals surface area contributed by atoms with Gasteiger partial charge >= 0.3 is 12.1 Å². The molecule has 0 atom stereocenters. The molecule has 140 valence electrons. The Kier molecular flexibility index (Phi) is 5.04. The van der Waals surface area contributed by atoms with Crippen molar-refractivity contribution in [3.8, 4) is 0 Å². The van der Waals surface area contributed by atoms with Crippen molar-refractivity contribution < 1.29 is 19.1 Å². The summed E-state index contributed by atoms with van der Waals surface area (Å²) >= 11 is 1.52. The normalized spacial score (nSPS) is 15.1. The summed E-state index contributed by atoms with van der Waals surface area (Å²) in [6.07, 6.45) is 5.92. The van der Waals surface area contributed by atoms with Crippen molar-refractivity contribution in [1.82, 2.24) is 14.3 Å². The maximum absolute atomic E-state index is 12.1. The third kappa shape index (κ3) is 3.90. The highest BCUT2D eigenvalue weighted by molar-refractivity contribution is 7.18. The van der Waals surface area contributed by atoms with Crippen molar-refractivity contribution >= 4 is 33.9 Å². The highest BCUT2D eigenvalue weighted by Crippen LogP contribution is 2.30. The van der Waals surface area contributed by atoms with Gasteiger partial charge in [-0.2, -0.15) is 0 Å². The van der Waals surface area contributed by atoms with Crippen molar-refractivity contribution in [1.29, 1.82) is 0 Å². The predicted molar refractivity (Wildman–Crippen MR) is 99.4 cm³/mol. The molecule has 2 aromatic rings. The Morgan fingerprint density at radius 1 is 1.35 bits per heavy atom. The zero-order chi connectivity index (χ0) is 18.9. The molecule has 0 aliphatic carbocycles. The third-order valence-corrected chi connectivity index (χ3v) is 4.94. The van der Waals surface area contributed by atoms with Crippen molar-refractivity contribution in [3.05, 3.63) is 29.0 Å². The summed E-state index contributed by atoms with van der Waals surface area (Å²) in [4.78, 5) is 31.9. The standard InChI is InChI=1S/C18H23N3O4S/c1-5-24-15(22)13-10-19-16-21(13)11-14(26-16)12-6-8-20(9-7-12)17(23)25-18(2,3)4/h6,10-11H,5,7-9H2,1-4H3. The van der Waals surface area contributed by atoms with Gasteiger partial charge in [-0.3, -0.25) is 4.40 Å². The first-order chi connectivity index (χ1) is 12.3. The molecule has 7 nitrogen and oxygen atoms in total. The fourth-order valence-corrected chi connectivity index (χ4v) is 3.70. The number of imidazole rings is 1. The van der Waals surface area contributed by atoms with E-state index in [1.165, 1.54) is 17.5 Å². The molecule has 1 aliphatic heterocycles. The average molecular weight is 377 g/mol. The molecule has 0 N–H and O–H groups in total. The highest BCUT2D eigenvalue weighted by atomic mass is 32.1. The van der Waals surface area contributed by atoms with Crippen molar-refractivity contribution in [3.63, 3.8) is 0 Å². The van der Waals surface area contributed by atoms with Crippen LogP contribution >= 0.6 is 11.3 Å². The van der Waals surface area contributed by atoms with Crippen LogP contribution in [0.1, 0.15) is 49.5 Å². The van der Waals surface area contributed by atoms with E-state index in [2.05, 4.69) is 4.98 Å². The van der Waals surface area contributed by atoms with E-state index in [4.69, 9.17) is 9.47 Å². The van der Waals surface area contributed by atoms with Crippen LogP contribution in [0.4, 0.5) is 4.79 Å². The summed E-state index contributed by atoms with van der Waals surface area (Å²) in [5.41, 5.74) is 1.08. The van der Waals surface area contributed by atoms with Gasteiger partial charge in [0.1, 0.15) is 5.60 Å².